The molecule has 0 radical (unpaired) electrons. The van der Waals surface area contributed by atoms with E-state index >= 15 is 0 Å². The molecule has 17 heavy (non-hydrogen) atoms. The Kier molecular flexibility index (Phi) is 4.14. The zero-order valence-corrected chi connectivity index (χ0v) is 12.0. The zero-order valence-electron chi connectivity index (χ0n) is 12.0. The average molecular weight is 239 g/mol. The van der Waals surface area contributed by atoms with Crippen molar-refractivity contribution in [3.63, 3.8) is 0 Å². The molecule has 2 unspecified atom stereocenters. The van der Waals surface area contributed by atoms with Gasteiger partial charge in [-0.1, -0.05) is 27.7 Å². The van der Waals surface area contributed by atoms with Crippen LogP contribution in [0.5, 0.6) is 0 Å². The Morgan fingerprint density at radius 2 is 1.82 bits per heavy atom. The molecule has 0 heterocycles. The van der Waals surface area contributed by atoms with Crippen LogP contribution in [0.1, 0.15) is 59.8 Å². The van der Waals surface area contributed by atoms with Crippen molar-refractivity contribution in [3.05, 3.63) is 0 Å². The smallest absolute Gasteiger partial charge is 0.0608 e. The van der Waals surface area contributed by atoms with Gasteiger partial charge in [-0.2, -0.15) is 0 Å². The third kappa shape index (κ3) is 3.69. The number of hydrogen-bond acceptors (Lipinski definition) is 2. The minimum atomic E-state index is 0.479. The van der Waals surface area contributed by atoms with Crippen molar-refractivity contribution >= 4 is 0 Å². The van der Waals surface area contributed by atoms with E-state index in [0.29, 0.717) is 17.6 Å². The number of nitrogens with one attached hydrogen (secondary N) is 1. The van der Waals surface area contributed by atoms with E-state index in [1.54, 1.807) is 0 Å². The van der Waals surface area contributed by atoms with Crippen molar-refractivity contribution in [2.45, 2.75) is 78.0 Å². The van der Waals surface area contributed by atoms with Crippen LogP contribution in [0.25, 0.3) is 0 Å². The molecule has 2 heteroatoms. The molecule has 0 saturated heterocycles. The fraction of sp³-hybridized carbons (Fsp3) is 1.00. The first-order valence-electron chi connectivity index (χ1n) is 7.37. The molecule has 2 aliphatic carbocycles. The van der Waals surface area contributed by atoms with Crippen molar-refractivity contribution < 1.29 is 4.74 Å². The fourth-order valence-electron chi connectivity index (χ4n) is 3.77. The highest BCUT2D eigenvalue weighted by atomic mass is 16.5. The van der Waals surface area contributed by atoms with Gasteiger partial charge < -0.3 is 10.1 Å². The van der Waals surface area contributed by atoms with Crippen molar-refractivity contribution in [2.24, 2.45) is 11.3 Å². The molecule has 2 fully saturated rings. The quantitative estimate of drug-likeness (QED) is 0.812. The van der Waals surface area contributed by atoms with Gasteiger partial charge in [0.05, 0.1) is 12.2 Å². The van der Waals surface area contributed by atoms with E-state index in [1.165, 1.54) is 32.1 Å². The maximum absolute atomic E-state index is 6.27. The van der Waals surface area contributed by atoms with Crippen LogP contribution in [0.4, 0.5) is 0 Å². The summed E-state index contributed by atoms with van der Waals surface area (Å²) >= 11 is 0. The van der Waals surface area contributed by atoms with Gasteiger partial charge in [0.2, 0.25) is 0 Å². The van der Waals surface area contributed by atoms with Gasteiger partial charge in [0, 0.05) is 6.04 Å². The topological polar surface area (TPSA) is 21.3 Å². The molecule has 0 spiro atoms. The first-order valence-corrected chi connectivity index (χ1v) is 7.37. The summed E-state index contributed by atoms with van der Waals surface area (Å²) in [7, 11) is 0. The van der Waals surface area contributed by atoms with E-state index < -0.39 is 0 Å². The Balaban J connectivity index is 1.73. The van der Waals surface area contributed by atoms with E-state index in [9.17, 15) is 0 Å². The molecular weight excluding hydrogens is 210 g/mol. The number of ether oxygens (including phenoxy) is 1. The van der Waals surface area contributed by atoms with Crippen LogP contribution in [0, 0.1) is 11.3 Å². The van der Waals surface area contributed by atoms with Crippen LogP contribution >= 0.6 is 0 Å². The summed E-state index contributed by atoms with van der Waals surface area (Å²) in [6, 6.07) is 0.721. The van der Waals surface area contributed by atoms with Gasteiger partial charge in [-0.25, -0.2) is 0 Å². The predicted molar refractivity (Wildman–Crippen MR) is 72.2 cm³/mol. The Labute approximate surface area is 107 Å². The minimum absolute atomic E-state index is 0.479. The molecule has 0 amide bonds. The molecule has 2 rings (SSSR count). The predicted octanol–water partition coefficient (Wildman–Crippen LogP) is 3.36. The molecular formula is C15H29NO. The van der Waals surface area contributed by atoms with E-state index in [-0.39, 0.29) is 0 Å². The molecule has 0 aromatic heterocycles. The van der Waals surface area contributed by atoms with Gasteiger partial charge >= 0.3 is 0 Å². The Hall–Kier alpha value is -0.0800. The first-order chi connectivity index (χ1) is 7.98. The minimum Gasteiger partial charge on any atom is -0.375 e. The molecule has 0 aromatic carbocycles. The highest BCUT2D eigenvalue weighted by Crippen LogP contribution is 2.41. The molecule has 2 aliphatic rings. The lowest BCUT2D eigenvalue weighted by Gasteiger charge is -2.43. The van der Waals surface area contributed by atoms with E-state index in [4.69, 9.17) is 4.74 Å². The van der Waals surface area contributed by atoms with Gasteiger partial charge in [-0.05, 0) is 50.0 Å². The summed E-state index contributed by atoms with van der Waals surface area (Å²) in [5.74, 6) is 0.827. The highest BCUT2D eigenvalue weighted by molar-refractivity contribution is 4.89. The Morgan fingerprint density at radius 3 is 2.41 bits per heavy atom. The molecule has 1 N–H and O–H groups in total. The fourth-order valence-corrected chi connectivity index (χ4v) is 3.77. The van der Waals surface area contributed by atoms with Gasteiger partial charge in [0.15, 0.2) is 0 Å². The van der Waals surface area contributed by atoms with Crippen LogP contribution in [0.3, 0.4) is 0 Å². The van der Waals surface area contributed by atoms with E-state index in [2.05, 4.69) is 33.0 Å². The number of hydrogen-bond donors (Lipinski definition) is 1. The van der Waals surface area contributed by atoms with Crippen molar-refractivity contribution in [1.29, 1.82) is 0 Å². The molecule has 0 bridgehead atoms. The second-order valence-corrected chi connectivity index (χ2v) is 7.02. The second kappa shape index (κ2) is 5.27. The van der Waals surface area contributed by atoms with Crippen LogP contribution < -0.4 is 5.32 Å². The Morgan fingerprint density at radius 1 is 1.12 bits per heavy atom. The zero-order chi connectivity index (χ0) is 12.5. The molecule has 0 aliphatic heterocycles. The average Bonchev–Trinajstić information content (AvgIpc) is 2.11. The summed E-state index contributed by atoms with van der Waals surface area (Å²) in [4.78, 5) is 0. The van der Waals surface area contributed by atoms with Crippen LogP contribution in [-0.2, 0) is 4.74 Å². The van der Waals surface area contributed by atoms with Crippen molar-refractivity contribution in [1.82, 2.24) is 5.32 Å². The molecule has 2 atom stereocenters. The first kappa shape index (κ1) is 13.4. The molecule has 2 saturated carbocycles. The van der Waals surface area contributed by atoms with Gasteiger partial charge in [0.25, 0.3) is 0 Å². The standard InChI is InChI=1S/C15H29NO/c1-5-16-12-7-13(8-12)17-14-6-11(2)9-15(3,4)10-14/h11-14,16H,5-10H2,1-4H3. The van der Waals surface area contributed by atoms with Crippen LogP contribution in [-0.4, -0.2) is 24.8 Å². The third-order valence-corrected chi connectivity index (χ3v) is 4.32. The monoisotopic (exact) mass is 239 g/mol. The third-order valence-electron chi connectivity index (χ3n) is 4.32. The summed E-state index contributed by atoms with van der Waals surface area (Å²) in [6.45, 7) is 10.4. The largest absolute Gasteiger partial charge is 0.375 e. The summed E-state index contributed by atoms with van der Waals surface area (Å²) in [6.07, 6.45) is 7.37. The lowest BCUT2D eigenvalue weighted by molar-refractivity contribution is -0.101. The molecule has 100 valence electrons. The van der Waals surface area contributed by atoms with Gasteiger partial charge in [0.1, 0.15) is 0 Å². The lowest BCUT2D eigenvalue weighted by atomic mass is 9.71. The van der Waals surface area contributed by atoms with Gasteiger partial charge in [-0.15, -0.1) is 0 Å². The van der Waals surface area contributed by atoms with E-state index in [1.807, 2.05) is 0 Å². The Bertz CT molecular complexity index is 245. The van der Waals surface area contributed by atoms with Crippen molar-refractivity contribution in [3.8, 4) is 0 Å². The maximum atomic E-state index is 6.27. The summed E-state index contributed by atoms with van der Waals surface area (Å²) in [5, 5.41) is 3.49. The van der Waals surface area contributed by atoms with Crippen molar-refractivity contribution in [2.75, 3.05) is 6.54 Å². The van der Waals surface area contributed by atoms with E-state index in [0.717, 1.165) is 18.5 Å². The normalized spacial score (nSPS) is 40.9. The summed E-state index contributed by atoms with van der Waals surface area (Å²) < 4.78 is 6.27. The highest BCUT2D eigenvalue weighted by Gasteiger charge is 2.36. The molecule has 0 aromatic rings. The molecule has 2 nitrogen and oxygen atoms in total. The second-order valence-electron chi connectivity index (χ2n) is 7.02. The SMILES string of the molecule is CCNC1CC(OC2CC(C)CC(C)(C)C2)C1. The lowest BCUT2D eigenvalue weighted by Crippen LogP contribution is -2.47. The summed E-state index contributed by atoms with van der Waals surface area (Å²) in [5.41, 5.74) is 0.479. The maximum Gasteiger partial charge on any atom is 0.0608 e. The van der Waals surface area contributed by atoms with Crippen LogP contribution in [0.15, 0.2) is 0 Å². The van der Waals surface area contributed by atoms with Crippen LogP contribution in [0.2, 0.25) is 0 Å². The van der Waals surface area contributed by atoms with Gasteiger partial charge in [-0.3, -0.25) is 0 Å². The number of rotatable bonds is 4.